The first-order valence-corrected chi connectivity index (χ1v) is 11.6. The zero-order valence-electron chi connectivity index (χ0n) is 19.9. The average Bonchev–Trinajstić information content (AvgIpc) is 3.48. The fraction of sp³-hybridized carbons (Fsp3) is 0.296. The molecule has 2 aromatic heterocycles. The van der Waals surface area contributed by atoms with Crippen molar-refractivity contribution in [3.05, 3.63) is 90.1 Å². The van der Waals surface area contributed by atoms with Crippen molar-refractivity contribution in [2.45, 2.75) is 26.1 Å². The molecule has 2 aromatic carbocycles. The molecule has 0 bridgehead atoms. The summed E-state index contributed by atoms with van der Waals surface area (Å²) in [6.07, 6.45) is 0.925. The van der Waals surface area contributed by atoms with Crippen molar-refractivity contribution in [2.75, 3.05) is 19.8 Å². The summed E-state index contributed by atoms with van der Waals surface area (Å²) in [5.74, 6) is 0.846. The van der Waals surface area contributed by atoms with E-state index < -0.39 is 11.9 Å². The zero-order chi connectivity index (χ0) is 24.6. The maximum atomic E-state index is 14.4. The first-order valence-electron chi connectivity index (χ1n) is 11.6. The Morgan fingerprint density at radius 1 is 1.06 bits per heavy atom. The smallest absolute Gasteiger partial charge is 0.222 e. The first kappa shape index (κ1) is 24.7. The molecule has 184 valence electrons. The topological polar surface area (TPSA) is 72.9 Å². The predicted molar refractivity (Wildman–Crippen MR) is 130 cm³/mol. The summed E-state index contributed by atoms with van der Waals surface area (Å²) < 4.78 is 33.1. The van der Waals surface area contributed by atoms with Gasteiger partial charge in [0.25, 0.3) is 0 Å². The van der Waals surface area contributed by atoms with Gasteiger partial charge in [0.15, 0.2) is 11.6 Å². The Hall–Kier alpha value is -3.46. The summed E-state index contributed by atoms with van der Waals surface area (Å²) in [6.45, 7) is 3.81. The number of aromatic nitrogens is 2. The van der Waals surface area contributed by atoms with E-state index in [0.717, 1.165) is 22.6 Å². The summed E-state index contributed by atoms with van der Waals surface area (Å²) in [5.41, 5.74) is 2.41. The highest BCUT2D eigenvalue weighted by atomic mass is 19.1. The van der Waals surface area contributed by atoms with Gasteiger partial charge in [0.1, 0.15) is 11.5 Å². The molecule has 0 spiro atoms. The van der Waals surface area contributed by atoms with Crippen molar-refractivity contribution in [1.82, 2.24) is 14.7 Å². The number of aliphatic hydroxyl groups is 1. The molecule has 0 fully saturated rings. The number of hydrogen-bond donors (Lipinski definition) is 1. The number of nitrogens with zero attached hydrogens (tertiary/aromatic N) is 3. The second-order valence-electron chi connectivity index (χ2n) is 8.22. The van der Waals surface area contributed by atoms with Crippen molar-refractivity contribution in [1.29, 1.82) is 0 Å². The highest BCUT2D eigenvalue weighted by molar-refractivity contribution is 5.65. The van der Waals surface area contributed by atoms with Crippen LogP contribution in [0, 0.1) is 5.82 Å². The van der Waals surface area contributed by atoms with E-state index >= 15 is 0 Å². The van der Waals surface area contributed by atoms with Crippen LogP contribution >= 0.6 is 0 Å². The molecular formula is C27H30FN3O4. The van der Waals surface area contributed by atoms with Crippen LogP contribution in [0.4, 0.5) is 4.39 Å². The quantitative estimate of drug-likeness (QED) is 0.308. The van der Waals surface area contributed by atoms with Crippen LogP contribution in [-0.4, -0.2) is 45.6 Å². The lowest BCUT2D eigenvalue weighted by Gasteiger charge is -2.24. The Bertz CT molecular complexity index is 1190. The van der Waals surface area contributed by atoms with Crippen molar-refractivity contribution >= 4 is 0 Å². The molecule has 0 aliphatic rings. The van der Waals surface area contributed by atoms with Gasteiger partial charge in [-0.15, -0.1) is 0 Å². The van der Waals surface area contributed by atoms with E-state index in [2.05, 4.69) is 0 Å². The van der Waals surface area contributed by atoms with Crippen LogP contribution in [-0.2, 0) is 24.9 Å². The normalized spacial score (nSPS) is 12.3. The lowest BCUT2D eigenvalue weighted by atomic mass is 10.1. The SMILES string of the molecule is CCOC[C@H](O)CN(Cc1ccco1)Cc1c(-c2ccccc2)nn(C)c1Oc1ccccc1F. The van der Waals surface area contributed by atoms with Crippen molar-refractivity contribution in [3.63, 3.8) is 0 Å². The minimum atomic E-state index is -0.697. The molecule has 0 amide bonds. The zero-order valence-corrected chi connectivity index (χ0v) is 19.9. The summed E-state index contributed by atoms with van der Waals surface area (Å²) in [5, 5.41) is 15.3. The van der Waals surface area contributed by atoms with E-state index in [4.69, 9.17) is 19.0 Å². The van der Waals surface area contributed by atoms with E-state index in [1.165, 1.54) is 6.07 Å². The van der Waals surface area contributed by atoms with Gasteiger partial charge in [-0.3, -0.25) is 4.90 Å². The Labute approximate surface area is 204 Å². The van der Waals surface area contributed by atoms with Crippen LogP contribution in [0.2, 0.25) is 0 Å². The highest BCUT2D eigenvalue weighted by Gasteiger charge is 2.24. The maximum Gasteiger partial charge on any atom is 0.222 e. The number of aliphatic hydroxyl groups excluding tert-OH is 1. The third-order valence-electron chi connectivity index (χ3n) is 5.50. The van der Waals surface area contributed by atoms with Crippen LogP contribution < -0.4 is 4.74 Å². The molecule has 1 atom stereocenters. The molecule has 2 heterocycles. The van der Waals surface area contributed by atoms with Gasteiger partial charge in [-0.2, -0.15) is 5.10 Å². The minimum Gasteiger partial charge on any atom is -0.468 e. The van der Waals surface area contributed by atoms with Gasteiger partial charge in [0.2, 0.25) is 5.88 Å². The Kier molecular flexibility index (Phi) is 8.31. The third-order valence-corrected chi connectivity index (χ3v) is 5.50. The van der Waals surface area contributed by atoms with E-state index in [9.17, 15) is 9.50 Å². The van der Waals surface area contributed by atoms with E-state index in [1.54, 1.807) is 36.2 Å². The average molecular weight is 480 g/mol. The molecule has 4 rings (SSSR count). The molecule has 8 heteroatoms. The van der Waals surface area contributed by atoms with Crippen LogP contribution in [0.25, 0.3) is 11.3 Å². The van der Waals surface area contributed by atoms with Gasteiger partial charge < -0.3 is 19.0 Å². The van der Waals surface area contributed by atoms with Gasteiger partial charge in [0.05, 0.1) is 31.1 Å². The fourth-order valence-electron chi connectivity index (χ4n) is 3.92. The van der Waals surface area contributed by atoms with Crippen molar-refractivity contribution in [3.8, 4) is 22.9 Å². The summed E-state index contributed by atoms with van der Waals surface area (Å²) in [6, 6.07) is 19.8. The van der Waals surface area contributed by atoms with Gasteiger partial charge in [-0.25, -0.2) is 9.07 Å². The number of ether oxygens (including phenoxy) is 2. The summed E-state index contributed by atoms with van der Waals surface area (Å²) in [7, 11) is 1.77. The van der Waals surface area contributed by atoms with Crippen molar-refractivity contribution < 1.29 is 23.4 Å². The van der Waals surface area contributed by atoms with Crippen LogP contribution in [0.15, 0.2) is 77.4 Å². The molecule has 0 saturated heterocycles. The van der Waals surface area contributed by atoms with Crippen LogP contribution in [0.1, 0.15) is 18.2 Å². The molecule has 0 aliphatic carbocycles. The van der Waals surface area contributed by atoms with Crippen LogP contribution in [0.5, 0.6) is 11.6 Å². The van der Waals surface area contributed by atoms with E-state index in [0.29, 0.717) is 32.1 Å². The molecule has 0 saturated carbocycles. The molecule has 7 nitrogen and oxygen atoms in total. The van der Waals surface area contributed by atoms with Gasteiger partial charge in [0, 0.05) is 32.3 Å². The fourth-order valence-corrected chi connectivity index (χ4v) is 3.92. The van der Waals surface area contributed by atoms with Gasteiger partial charge in [-0.05, 0) is 31.2 Å². The minimum absolute atomic E-state index is 0.116. The number of hydrogen-bond acceptors (Lipinski definition) is 6. The number of rotatable bonds is 12. The molecule has 0 radical (unpaired) electrons. The molecule has 1 N–H and O–H groups in total. The van der Waals surface area contributed by atoms with E-state index in [1.807, 2.05) is 54.3 Å². The molecule has 4 aromatic rings. The predicted octanol–water partition coefficient (Wildman–Crippen LogP) is 5.01. The number of halogens is 1. The highest BCUT2D eigenvalue weighted by Crippen LogP contribution is 2.35. The maximum absolute atomic E-state index is 14.4. The molecule has 0 aliphatic heterocycles. The van der Waals surface area contributed by atoms with Gasteiger partial charge >= 0.3 is 0 Å². The summed E-state index contributed by atoms with van der Waals surface area (Å²) >= 11 is 0. The van der Waals surface area contributed by atoms with Crippen LogP contribution in [0.3, 0.4) is 0 Å². The third kappa shape index (κ3) is 6.36. The number of benzene rings is 2. The van der Waals surface area contributed by atoms with Gasteiger partial charge in [-0.1, -0.05) is 42.5 Å². The Morgan fingerprint density at radius 3 is 2.54 bits per heavy atom. The number of aryl methyl sites for hydroxylation is 1. The number of para-hydroxylation sites is 1. The molecule has 0 unspecified atom stereocenters. The monoisotopic (exact) mass is 479 g/mol. The molecular weight excluding hydrogens is 449 g/mol. The Balaban J connectivity index is 1.71. The number of furan rings is 1. The molecule has 35 heavy (non-hydrogen) atoms. The second-order valence-corrected chi connectivity index (χ2v) is 8.22. The van der Waals surface area contributed by atoms with Crippen molar-refractivity contribution in [2.24, 2.45) is 7.05 Å². The Morgan fingerprint density at radius 2 is 1.83 bits per heavy atom. The lowest BCUT2D eigenvalue weighted by molar-refractivity contribution is 0.0167. The summed E-state index contributed by atoms with van der Waals surface area (Å²) in [4.78, 5) is 2.04. The lowest BCUT2D eigenvalue weighted by Crippen LogP contribution is -2.34. The largest absolute Gasteiger partial charge is 0.468 e. The standard InChI is InChI=1S/C27H30FN3O4/c1-3-33-19-21(32)16-31(17-22-12-9-15-34-22)18-23-26(20-10-5-4-6-11-20)29-30(2)27(23)35-25-14-8-7-13-24(25)28/h4-15,21,32H,3,16-19H2,1-2H3/t21-/m1/s1. The first-order chi connectivity index (χ1) is 17.0. The second kappa shape index (κ2) is 11.8. The van der Waals surface area contributed by atoms with E-state index in [-0.39, 0.29) is 12.4 Å².